The molecule has 0 aliphatic rings. The quantitative estimate of drug-likeness (QED) is 0.205. The normalized spacial score (nSPS) is 10.9. The van der Waals surface area contributed by atoms with E-state index in [1.807, 2.05) is 36.4 Å². The van der Waals surface area contributed by atoms with E-state index in [0.29, 0.717) is 23.3 Å². The van der Waals surface area contributed by atoms with Crippen LogP contribution in [0.4, 0.5) is 22.7 Å². The molecule has 0 spiro atoms. The standard InChI is InChI=1S/C27H18ClN5O5/c28-19-10-4-5-11-20(19)30-26-23(32(35)36)15-18(16-24(26)33(37)38)27(34)31-22-13-7-6-12-21(22)29-25(31)14-17-8-2-1-3-9-17/h1-13,15-16,30H,14H2/p+1. The van der Waals surface area contributed by atoms with E-state index >= 15 is 0 Å². The maximum absolute atomic E-state index is 13.9. The minimum atomic E-state index is -0.770. The molecule has 0 bridgehead atoms. The second kappa shape index (κ2) is 10.1. The summed E-state index contributed by atoms with van der Waals surface area (Å²) in [7, 11) is 0. The van der Waals surface area contributed by atoms with Crippen molar-refractivity contribution in [2.24, 2.45) is 0 Å². The summed E-state index contributed by atoms with van der Waals surface area (Å²) < 4.78 is 1.40. The lowest BCUT2D eigenvalue weighted by Crippen LogP contribution is -2.20. The van der Waals surface area contributed by atoms with Gasteiger partial charge in [0.2, 0.25) is 0 Å². The van der Waals surface area contributed by atoms with Gasteiger partial charge in [0.25, 0.3) is 5.82 Å². The number of H-pyrrole nitrogens is 1. The van der Waals surface area contributed by atoms with Gasteiger partial charge in [-0.1, -0.05) is 66.2 Å². The summed E-state index contributed by atoms with van der Waals surface area (Å²) in [5.74, 6) is -0.130. The topological polar surface area (TPSA) is 134 Å². The van der Waals surface area contributed by atoms with Crippen molar-refractivity contribution < 1.29 is 19.6 Å². The van der Waals surface area contributed by atoms with Crippen LogP contribution in [-0.4, -0.2) is 20.3 Å². The van der Waals surface area contributed by atoms with E-state index < -0.39 is 27.1 Å². The van der Waals surface area contributed by atoms with Crippen LogP contribution in [0.1, 0.15) is 21.7 Å². The van der Waals surface area contributed by atoms with Crippen molar-refractivity contribution in [1.29, 1.82) is 0 Å². The molecule has 0 aliphatic heterocycles. The minimum Gasteiger partial charge on any atom is -0.343 e. The van der Waals surface area contributed by atoms with Gasteiger partial charge in [-0.2, -0.15) is 4.57 Å². The summed E-state index contributed by atoms with van der Waals surface area (Å²) in [5, 5.41) is 27.0. The molecule has 188 valence electrons. The van der Waals surface area contributed by atoms with E-state index in [9.17, 15) is 25.0 Å². The molecule has 0 amide bonds. The number of hydrogen-bond donors (Lipinski definition) is 1. The number of aromatic nitrogens is 2. The third-order valence-electron chi connectivity index (χ3n) is 5.98. The van der Waals surface area contributed by atoms with Crippen molar-refractivity contribution >= 4 is 51.3 Å². The molecular weight excluding hydrogens is 510 g/mol. The van der Waals surface area contributed by atoms with Crippen LogP contribution in [0, 0.1) is 20.2 Å². The lowest BCUT2D eigenvalue weighted by Gasteiger charge is -2.10. The van der Waals surface area contributed by atoms with Crippen molar-refractivity contribution in [3.8, 4) is 0 Å². The summed E-state index contributed by atoms with van der Waals surface area (Å²) in [5.41, 5.74) is 0.530. The highest BCUT2D eigenvalue weighted by Gasteiger charge is 2.33. The maximum atomic E-state index is 13.9. The van der Waals surface area contributed by atoms with Gasteiger partial charge in [-0.15, -0.1) is 0 Å². The number of nitrogens with zero attached hydrogens (tertiary/aromatic N) is 3. The summed E-state index contributed by atoms with van der Waals surface area (Å²) >= 11 is 6.16. The lowest BCUT2D eigenvalue weighted by molar-refractivity contribution is -0.392. The number of aromatic amines is 1. The second-order valence-corrected chi connectivity index (χ2v) is 8.81. The molecule has 0 atom stereocenters. The zero-order chi connectivity index (χ0) is 26.8. The number of hydrogen-bond acceptors (Lipinski definition) is 6. The zero-order valence-corrected chi connectivity index (χ0v) is 20.4. The number of nitrogens with one attached hydrogen (secondary N) is 2. The molecule has 0 radical (unpaired) electrons. The van der Waals surface area contributed by atoms with Gasteiger partial charge < -0.3 is 5.32 Å². The van der Waals surface area contributed by atoms with E-state index in [4.69, 9.17) is 11.6 Å². The minimum absolute atomic E-state index is 0.211. The van der Waals surface area contributed by atoms with Gasteiger partial charge in [0, 0.05) is 12.1 Å². The Hall–Kier alpha value is -5.09. The first kappa shape index (κ1) is 24.6. The Morgan fingerprint density at radius 3 is 2.13 bits per heavy atom. The van der Waals surface area contributed by atoms with Crippen LogP contribution in [0.3, 0.4) is 0 Å². The molecule has 4 aromatic carbocycles. The molecule has 0 saturated carbocycles. The first-order valence-corrected chi connectivity index (χ1v) is 11.8. The maximum Gasteiger partial charge on any atom is 0.346 e. The van der Waals surface area contributed by atoms with E-state index in [1.54, 1.807) is 36.4 Å². The Bertz CT molecular complexity index is 1680. The van der Waals surface area contributed by atoms with E-state index in [1.165, 1.54) is 10.6 Å². The monoisotopic (exact) mass is 528 g/mol. The summed E-state index contributed by atoms with van der Waals surface area (Å²) in [6.07, 6.45) is 0.359. The lowest BCUT2D eigenvalue weighted by atomic mass is 10.1. The van der Waals surface area contributed by atoms with Crippen molar-refractivity contribution in [2.45, 2.75) is 6.42 Å². The number of carbonyl (C=O) groups is 1. The van der Waals surface area contributed by atoms with Gasteiger partial charge in [-0.25, -0.2) is 9.78 Å². The van der Waals surface area contributed by atoms with Crippen LogP contribution < -0.4 is 10.3 Å². The molecule has 1 heterocycles. The number of benzene rings is 4. The summed E-state index contributed by atoms with van der Waals surface area (Å²) in [4.78, 5) is 39.6. The van der Waals surface area contributed by atoms with Gasteiger partial charge in [0.05, 0.1) is 32.5 Å². The van der Waals surface area contributed by atoms with Crippen molar-refractivity contribution in [3.63, 3.8) is 0 Å². The van der Waals surface area contributed by atoms with Gasteiger partial charge in [-0.3, -0.25) is 20.2 Å². The van der Waals surface area contributed by atoms with Gasteiger partial charge in [0.15, 0.2) is 16.7 Å². The number of fused-ring (bicyclic) bond motifs is 1. The molecule has 11 heteroatoms. The fraction of sp³-hybridized carbons (Fsp3) is 0.0370. The highest BCUT2D eigenvalue weighted by Crippen LogP contribution is 2.39. The van der Waals surface area contributed by atoms with Crippen LogP contribution in [0.2, 0.25) is 5.02 Å². The van der Waals surface area contributed by atoms with Gasteiger partial charge in [0.1, 0.15) is 0 Å². The fourth-order valence-electron chi connectivity index (χ4n) is 4.25. The number of para-hydroxylation sites is 3. The van der Waals surface area contributed by atoms with Crippen LogP contribution >= 0.6 is 11.6 Å². The number of nitro benzene ring substituents is 2. The molecule has 0 fully saturated rings. The first-order valence-electron chi connectivity index (χ1n) is 11.4. The molecule has 0 aliphatic carbocycles. The third-order valence-corrected chi connectivity index (χ3v) is 6.31. The molecule has 2 N–H and O–H groups in total. The third kappa shape index (κ3) is 4.67. The van der Waals surface area contributed by atoms with Crippen molar-refractivity contribution in [2.75, 3.05) is 5.32 Å². The Kier molecular flexibility index (Phi) is 6.55. The Labute approximate surface area is 220 Å². The second-order valence-electron chi connectivity index (χ2n) is 8.40. The Morgan fingerprint density at radius 2 is 1.47 bits per heavy atom. The Morgan fingerprint density at radius 1 is 0.868 bits per heavy atom. The van der Waals surface area contributed by atoms with Crippen LogP contribution in [0.25, 0.3) is 11.0 Å². The fourth-order valence-corrected chi connectivity index (χ4v) is 4.44. The summed E-state index contributed by atoms with van der Waals surface area (Å²) in [6, 6.07) is 25.0. The van der Waals surface area contributed by atoms with E-state index in [2.05, 4.69) is 10.3 Å². The van der Waals surface area contributed by atoms with Gasteiger partial charge >= 0.3 is 17.3 Å². The molecule has 5 aromatic rings. The average Bonchev–Trinajstić information content (AvgIpc) is 3.27. The molecule has 1 aromatic heterocycles. The van der Waals surface area contributed by atoms with Crippen molar-refractivity contribution in [3.05, 3.63) is 133 Å². The molecule has 0 unspecified atom stereocenters. The van der Waals surface area contributed by atoms with Crippen LogP contribution in [-0.2, 0) is 6.42 Å². The number of anilines is 2. The summed E-state index contributed by atoms with van der Waals surface area (Å²) in [6.45, 7) is 0. The molecule has 5 rings (SSSR count). The van der Waals surface area contributed by atoms with E-state index in [-0.39, 0.29) is 22.0 Å². The highest BCUT2D eigenvalue weighted by molar-refractivity contribution is 6.33. The largest absolute Gasteiger partial charge is 0.346 e. The van der Waals surface area contributed by atoms with Gasteiger partial charge in [-0.05, 0) is 29.8 Å². The van der Waals surface area contributed by atoms with E-state index in [0.717, 1.165) is 17.7 Å². The molecular formula is C27H19ClN5O5+. The average molecular weight is 529 g/mol. The van der Waals surface area contributed by atoms with Crippen molar-refractivity contribution in [1.82, 2.24) is 4.57 Å². The SMILES string of the molecule is O=C(c1cc([N+](=O)[O-])c(Nc2ccccc2Cl)c([N+](=O)[O-])c1)n1c(Cc2ccccc2)[nH+]c2ccccc21. The Balaban J connectivity index is 1.67. The number of carbonyl (C=O) groups excluding carboxylic acids is 1. The van der Waals surface area contributed by atoms with Crippen LogP contribution in [0.5, 0.6) is 0 Å². The number of nitro groups is 2. The molecule has 38 heavy (non-hydrogen) atoms. The molecule has 10 nitrogen and oxygen atoms in total. The number of imidazole rings is 1. The highest BCUT2D eigenvalue weighted by atomic mass is 35.5. The predicted octanol–water partition coefficient (Wildman–Crippen LogP) is 5.95. The first-order chi connectivity index (χ1) is 18.3. The zero-order valence-electron chi connectivity index (χ0n) is 19.6. The smallest absolute Gasteiger partial charge is 0.343 e. The number of halogens is 1. The predicted molar refractivity (Wildman–Crippen MR) is 142 cm³/mol. The number of rotatable bonds is 7. The molecule has 0 saturated heterocycles. The van der Waals surface area contributed by atoms with Crippen LogP contribution in [0.15, 0.2) is 91.0 Å².